The highest BCUT2D eigenvalue weighted by molar-refractivity contribution is 7.98. The van der Waals surface area contributed by atoms with Crippen LogP contribution >= 0.6 is 11.8 Å². The van der Waals surface area contributed by atoms with E-state index in [-0.39, 0.29) is 11.4 Å². The molecule has 0 saturated heterocycles. The van der Waals surface area contributed by atoms with E-state index in [9.17, 15) is 14.9 Å². The Hall–Kier alpha value is -2.54. The van der Waals surface area contributed by atoms with Crippen LogP contribution in [0.15, 0.2) is 47.4 Å². The topological polar surface area (TPSA) is 81.5 Å². The first-order valence-corrected chi connectivity index (χ1v) is 7.60. The fraction of sp³-hybridized carbons (Fsp3) is 0.133. The summed E-state index contributed by atoms with van der Waals surface area (Å²) in [7, 11) is 0. The van der Waals surface area contributed by atoms with Crippen molar-refractivity contribution in [2.45, 2.75) is 11.8 Å². The minimum atomic E-state index is -0.648. The Kier molecular flexibility index (Phi) is 5.00. The van der Waals surface area contributed by atoms with Crippen LogP contribution in [0, 0.1) is 17.0 Å². The van der Waals surface area contributed by atoms with Gasteiger partial charge in [0.05, 0.1) is 4.92 Å². The Labute approximate surface area is 131 Å². The van der Waals surface area contributed by atoms with E-state index in [1.807, 2.05) is 18.4 Å². The number of ether oxygens (including phenoxy) is 1. The summed E-state index contributed by atoms with van der Waals surface area (Å²) in [6, 6.07) is 11.5. The van der Waals surface area contributed by atoms with Crippen molar-refractivity contribution in [3.05, 3.63) is 58.1 Å². The number of nitrogens with zero attached hydrogens (tertiary/aromatic N) is 1. The Balaban J connectivity index is 2.02. The monoisotopic (exact) mass is 318 g/mol. The molecule has 6 nitrogen and oxygen atoms in total. The Morgan fingerprint density at radius 3 is 2.45 bits per heavy atom. The second-order valence-electron chi connectivity index (χ2n) is 4.45. The van der Waals surface area contributed by atoms with Crippen LogP contribution in [0.2, 0.25) is 0 Å². The number of nitrogens with one attached hydrogen (secondary N) is 1. The number of hydrogen-bond donors (Lipinski definition) is 1. The first-order chi connectivity index (χ1) is 10.5. The number of anilines is 1. The highest BCUT2D eigenvalue weighted by atomic mass is 32.2. The molecule has 0 aliphatic rings. The average Bonchev–Trinajstić information content (AvgIpc) is 2.47. The first kappa shape index (κ1) is 15.8. The smallest absolute Gasteiger partial charge is 0.410 e. The number of nitro benzene ring substituents is 1. The van der Waals surface area contributed by atoms with Gasteiger partial charge < -0.3 is 4.74 Å². The van der Waals surface area contributed by atoms with Crippen molar-refractivity contribution in [2.75, 3.05) is 11.6 Å². The molecule has 1 N–H and O–H groups in total. The number of carbonyl (C=O) groups excluding carboxylic acids is 1. The van der Waals surface area contributed by atoms with E-state index in [1.54, 1.807) is 30.8 Å². The summed E-state index contributed by atoms with van der Waals surface area (Å²) in [5, 5.41) is 13.3. The molecular weight excluding hydrogens is 304 g/mol. The molecule has 0 radical (unpaired) electrons. The van der Waals surface area contributed by atoms with Gasteiger partial charge in [0.15, 0.2) is 0 Å². The number of thioether (sulfide) groups is 1. The maximum Gasteiger partial charge on any atom is 0.417 e. The maximum absolute atomic E-state index is 11.8. The standard InChI is InChI=1S/C15H14N2O4S/c1-10-9-12(5-8-14(10)17(19)20)21-15(18)16-11-3-6-13(22-2)7-4-11/h3-9H,1-2H3,(H,16,18). The normalized spacial score (nSPS) is 10.1. The Bertz CT molecular complexity index is 701. The Morgan fingerprint density at radius 2 is 1.91 bits per heavy atom. The largest absolute Gasteiger partial charge is 0.417 e. The molecule has 0 aromatic heterocycles. The zero-order valence-corrected chi connectivity index (χ0v) is 12.8. The van der Waals surface area contributed by atoms with E-state index >= 15 is 0 Å². The third-order valence-corrected chi connectivity index (χ3v) is 3.66. The zero-order chi connectivity index (χ0) is 16.1. The molecule has 0 fully saturated rings. The highest BCUT2D eigenvalue weighted by Crippen LogP contribution is 2.23. The minimum absolute atomic E-state index is 0.0135. The minimum Gasteiger partial charge on any atom is -0.410 e. The molecule has 0 atom stereocenters. The first-order valence-electron chi connectivity index (χ1n) is 6.37. The molecule has 0 bridgehead atoms. The van der Waals surface area contributed by atoms with Gasteiger partial charge in [-0.15, -0.1) is 11.8 Å². The summed E-state index contributed by atoms with van der Waals surface area (Å²) in [6.07, 6.45) is 1.32. The van der Waals surface area contributed by atoms with Crippen LogP contribution in [0.5, 0.6) is 5.75 Å². The molecule has 0 spiro atoms. The van der Waals surface area contributed by atoms with Gasteiger partial charge in [0, 0.05) is 22.2 Å². The van der Waals surface area contributed by atoms with Crippen molar-refractivity contribution in [2.24, 2.45) is 0 Å². The van der Waals surface area contributed by atoms with Gasteiger partial charge in [0.2, 0.25) is 0 Å². The van der Waals surface area contributed by atoms with E-state index in [2.05, 4.69) is 5.32 Å². The fourth-order valence-electron chi connectivity index (χ4n) is 1.82. The number of carbonyl (C=O) groups is 1. The lowest BCUT2D eigenvalue weighted by Gasteiger charge is -2.07. The summed E-state index contributed by atoms with van der Waals surface area (Å²) in [4.78, 5) is 23.1. The second-order valence-corrected chi connectivity index (χ2v) is 5.33. The van der Waals surface area contributed by atoms with Gasteiger partial charge in [0.25, 0.3) is 5.69 Å². The van der Waals surface area contributed by atoms with E-state index in [0.29, 0.717) is 11.3 Å². The van der Waals surface area contributed by atoms with Crippen LogP contribution in [-0.4, -0.2) is 17.3 Å². The molecule has 0 aliphatic carbocycles. The molecule has 0 aliphatic heterocycles. The van der Waals surface area contributed by atoms with E-state index in [1.165, 1.54) is 18.2 Å². The third kappa shape index (κ3) is 3.98. The van der Waals surface area contributed by atoms with Crippen molar-refractivity contribution in [1.82, 2.24) is 0 Å². The molecule has 114 valence electrons. The van der Waals surface area contributed by atoms with Gasteiger partial charge in [-0.2, -0.15) is 0 Å². The molecule has 22 heavy (non-hydrogen) atoms. The molecule has 2 aromatic carbocycles. The summed E-state index contributed by atoms with van der Waals surface area (Å²) >= 11 is 1.61. The third-order valence-electron chi connectivity index (χ3n) is 2.91. The Morgan fingerprint density at radius 1 is 1.23 bits per heavy atom. The van der Waals surface area contributed by atoms with Crippen LogP contribution in [0.25, 0.3) is 0 Å². The van der Waals surface area contributed by atoms with E-state index in [4.69, 9.17) is 4.74 Å². The van der Waals surface area contributed by atoms with Crippen LogP contribution in [0.3, 0.4) is 0 Å². The second kappa shape index (κ2) is 6.95. The predicted molar refractivity (Wildman–Crippen MR) is 85.7 cm³/mol. The van der Waals surface area contributed by atoms with Crippen LogP contribution in [0.1, 0.15) is 5.56 Å². The number of hydrogen-bond acceptors (Lipinski definition) is 5. The molecule has 0 saturated carbocycles. The van der Waals surface area contributed by atoms with Gasteiger partial charge in [-0.3, -0.25) is 15.4 Å². The lowest BCUT2D eigenvalue weighted by atomic mass is 10.2. The lowest BCUT2D eigenvalue weighted by molar-refractivity contribution is -0.385. The van der Waals surface area contributed by atoms with Crippen molar-refractivity contribution < 1.29 is 14.5 Å². The average molecular weight is 318 g/mol. The van der Waals surface area contributed by atoms with Crippen molar-refractivity contribution >= 4 is 29.2 Å². The zero-order valence-electron chi connectivity index (χ0n) is 12.0. The van der Waals surface area contributed by atoms with Crippen molar-refractivity contribution in [3.8, 4) is 5.75 Å². The quantitative estimate of drug-likeness (QED) is 0.518. The molecule has 1 amide bonds. The van der Waals surface area contributed by atoms with Gasteiger partial charge in [-0.05, 0) is 49.6 Å². The van der Waals surface area contributed by atoms with Gasteiger partial charge in [-0.1, -0.05) is 0 Å². The number of rotatable bonds is 4. The maximum atomic E-state index is 11.8. The SMILES string of the molecule is CSc1ccc(NC(=O)Oc2ccc([N+](=O)[O-])c(C)c2)cc1. The summed E-state index contributed by atoms with van der Waals surface area (Å²) in [5.74, 6) is 0.251. The number of nitro groups is 1. The molecule has 0 unspecified atom stereocenters. The molecule has 2 rings (SSSR count). The summed E-state index contributed by atoms with van der Waals surface area (Å²) in [5.41, 5.74) is 1.03. The molecule has 0 heterocycles. The van der Waals surface area contributed by atoms with Crippen molar-refractivity contribution in [1.29, 1.82) is 0 Å². The molecule has 2 aromatic rings. The number of amides is 1. The van der Waals surface area contributed by atoms with Crippen LogP contribution in [0.4, 0.5) is 16.2 Å². The lowest BCUT2D eigenvalue weighted by Crippen LogP contribution is -2.16. The number of aryl methyl sites for hydroxylation is 1. The van der Waals surface area contributed by atoms with Crippen molar-refractivity contribution in [3.63, 3.8) is 0 Å². The van der Waals surface area contributed by atoms with Crippen LogP contribution in [-0.2, 0) is 0 Å². The molecule has 7 heteroatoms. The number of benzene rings is 2. The van der Waals surface area contributed by atoms with Crippen LogP contribution < -0.4 is 10.1 Å². The van der Waals surface area contributed by atoms with Gasteiger partial charge in [0.1, 0.15) is 5.75 Å². The highest BCUT2D eigenvalue weighted by Gasteiger charge is 2.12. The predicted octanol–water partition coefficient (Wildman–Crippen LogP) is 4.24. The van der Waals surface area contributed by atoms with E-state index in [0.717, 1.165) is 4.90 Å². The van der Waals surface area contributed by atoms with Gasteiger partial charge in [-0.25, -0.2) is 4.79 Å². The fourth-order valence-corrected chi connectivity index (χ4v) is 2.23. The summed E-state index contributed by atoms with van der Waals surface area (Å²) < 4.78 is 5.11. The van der Waals surface area contributed by atoms with Gasteiger partial charge >= 0.3 is 6.09 Å². The summed E-state index contributed by atoms with van der Waals surface area (Å²) in [6.45, 7) is 1.59. The molecular formula is C15H14N2O4S. The van der Waals surface area contributed by atoms with E-state index < -0.39 is 11.0 Å².